The number of aromatic nitrogens is 2. The van der Waals surface area contributed by atoms with Gasteiger partial charge in [-0.05, 0) is 18.6 Å². The minimum Gasteiger partial charge on any atom is -0.383 e. The third kappa shape index (κ3) is 2.18. The van der Waals surface area contributed by atoms with E-state index in [0.717, 1.165) is 26.1 Å². The first-order valence-electron chi connectivity index (χ1n) is 6.38. The summed E-state index contributed by atoms with van der Waals surface area (Å²) in [6, 6.07) is 8.52. The Hall–Kier alpha value is -1.97. The number of para-hydroxylation sites is 2. The van der Waals surface area contributed by atoms with Crippen molar-refractivity contribution in [3.8, 4) is 0 Å². The number of aryl methyl sites for hydroxylation is 1. The molecule has 1 N–H and O–H groups in total. The molecule has 2 aromatic rings. The fourth-order valence-corrected chi connectivity index (χ4v) is 2.45. The maximum Gasteiger partial charge on any atom is 0.0605 e. The first-order chi connectivity index (χ1) is 8.83. The van der Waals surface area contributed by atoms with E-state index in [4.69, 9.17) is 0 Å². The van der Waals surface area contributed by atoms with E-state index < -0.39 is 0 Å². The molecule has 4 heteroatoms. The lowest BCUT2D eigenvalue weighted by atomic mass is 10.2. The van der Waals surface area contributed by atoms with E-state index in [0.29, 0.717) is 0 Å². The number of rotatable bonds is 2. The lowest BCUT2D eigenvalue weighted by molar-refractivity contribution is 0.755. The van der Waals surface area contributed by atoms with Gasteiger partial charge >= 0.3 is 0 Å². The Balaban J connectivity index is 1.87. The average Bonchev–Trinajstić information content (AvgIpc) is 2.68. The molecule has 0 radical (unpaired) electrons. The van der Waals surface area contributed by atoms with Crippen LogP contribution in [0.15, 0.2) is 36.7 Å². The van der Waals surface area contributed by atoms with Gasteiger partial charge in [-0.25, -0.2) is 0 Å². The largest absolute Gasteiger partial charge is 0.383 e. The maximum absolute atomic E-state index is 4.24. The number of nitrogens with one attached hydrogen (secondary N) is 1. The molecule has 0 saturated carbocycles. The Kier molecular flexibility index (Phi) is 2.92. The topological polar surface area (TPSA) is 33.1 Å². The highest BCUT2D eigenvalue weighted by atomic mass is 15.2. The fourth-order valence-electron chi connectivity index (χ4n) is 2.45. The Bertz CT molecular complexity index is 532. The van der Waals surface area contributed by atoms with Crippen LogP contribution in [0.1, 0.15) is 12.0 Å². The highest BCUT2D eigenvalue weighted by Crippen LogP contribution is 2.29. The van der Waals surface area contributed by atoms with Crippen molar-refractivity contribution in [2.75, 3.05) is 23.3 Å². The summed E-state index contributed by atoms with van der Waals surface area (Å²) in [5, 5.41) is 7.72. The third-order valence-electron chi connectivity index (χ3n) is 3.30. The van der Waals surface area contributed by atoms with Crippen LogP contribution in [0.5, 0.6) is 0 Å². The molecule has 4 nitrogen and oxygen atoms in total. The van der Waals surface area contributed by atoms with Crippen molar-refractivity contribution in [2.24, 2.45) is 7.05 Å². The smallest absolute Gasteiger partial charge is 0.0605 e. The first kappa shape index (κ1) is 11.1. The van der Waals surface area contributed by atoms with Gasteiger partial charge in [0, 0.05) is 38.4 Å². The fraction of sp³-hybridized carbons (Fsp3) is 0.357. The van der Waals surface area contributed by atoms with Gasteiger partial charge in [0.15, 0.2) is 0 Å². The normalized spacial score (nSPS) is 14.8. The second-order valence-electron chi connectivity index (χ2n) is 4.74. The van der Waals surface area contributed by atoms with Crippen molar-refractivity contribution < 1.29 is 0 Å². The van der Waals surface area contributed by atoms with Crippen molar-refractivity contribution in [3.05, 3.63) is 42.2 Å². The molecule has 0 amide bonds. The Morgan fingerprint density at radius 2 is 2.22 bits per heavy atom. The number of hydrogen-bond donors (Lipinski definition) is 1. The highest BCUT2D eigenvalue weighted by Gasteiger charge is 2.14. The number of nitrogens with zero attached hydrogens (tertiary/aromatic N) is 3. The lowest BCUT2D eigenvalue weighted by Crippen LogP contribution is -2.23. The molecule has 1 aromatic heterocycles. The van der Waals surface area contributed by atoms with Gasteiger partial charge in [0.25, 0.3) is 0 Å². The quantitative estimate of drug-likeness (QED) is 0.876. The summed E-state index contributed by atoms with van der Waals surface area (Å²) >= 11 is 0. The lowest BCUT2D eigenvalue weighted by Gasteiger charge is -2.23. The molecule has 94 valence electrons. The second kappa shape index (κ2) is 4.72. The molecule has 0 aliphatic carbocycles. The van der Waals surface area contributed by atoms with Crippen LogP contribution in [-0.4, -0.2) is 22.9 Å². The molecule has 1 aliphatic heterocycles. The van der Waals surface area contributed by atoms with Crippen molar-refractivity contribution in [1.82, 2.24) is 9.78 Å². The predicted molar refractivity (Wildman–Crippen MR) is 73.8 cm³/mol. The summed E-state index contributed by atoms with van der Waals surface area (Å²) in [6.45, 7) is 3.05. The van der Waals surface area contributed by atoms with Gasteiger partial charge in [-0.1, -0.05) is 12.1 Å². The zero-order valence-corrected chi connectivity index (χ0v) is 10.6. The summed E-state index contributed by atoms with van der Waals surface area (Å²) in [7, 11) is 1.96. The van der Waals surface area contributed by atoms with Crippen LogP contribution in [0.2, 0.25) is 0 Å². The van der Waals surface area contributed by atoms with E-state index in [9.17, 15) is 0 Å². The molecule has 3 rings (SSSR count). The van der Waals surface area contributed by atoms with Crippen LogP contribution in [0.25, 0.3) is 0 Å². The zero-order chi connectivity index (χ0) is 12.4. The number of benzene rings is 1. The van der Waals surface area contributed by atoms with Crippen molar-refractivity contribution in [3.63, 3.8) is 0 Å². The van der Waals surface area contributed by atoms with Crippen molar-refractivity contribution in [1.29, 1.82) is 0 Å². The monoisotopic (exact) mass is 242 g/mol. The van der Waals surface area contributed by atoms with Gasteiger partial charge in [-0.15, -0.1) is 0 Å². The molecule has 0 unspecified atom stereocenters. The van der Waals surface area contributed by atoms with Gasteiger partial charge in [0.1, 0.15) is 0 Å². The first-order valence-corrected chi connectivity index (χ1v) is 6.38. The van der Waals surface area contributed by atoms with Crippen molar-refractivity contribution >= 4 is 11.4 Å². The average molecular weight is 242 g/mol. The summed E-state index contributed by atoms with van der Waals surface area (Å²) in [6.07, 6.45) is 5.19. The van der Waals surface area contributed by atoms with Crippen LogP contribution in [-0.2, 0) is 13.6 Å². The van der Waals surface area contributed by atoms with E-state index >= 15 is 0 Å². The summed E-state index contributed by atoms with van der Waals surface area (Å²) in [4.78, 5) is 2.42. The number of hydrogen-bond acceptors (Lipinski definition) is 3. The zero-order valence-electron chi connectivity index (χ0n) is 10.6. The Morgan fingerprint density at radius 3 is 3.06 bits per heavy atom. The molecule has 1 aliphatic rings. The third-order valence-corrected chi connectivity index (χ3v) is 3.30. The van der Waals surface area contributed by atoms with Gasteiger partial charge < -0.3 is 10.2 Å². The second-order valence-corrected chi connectivity index (χ2v) is 4.74. The molecule has 18 heavy (non-hydrogen) atoms. The van der Waals surface area contributed by atoms with Crippen LogP contribution < -0.4 is 10.2 Å². The van der Waals surface area contributed by atoms with E-state index in [-0.39, 0.29) is 0 Å². The van der Waals surface area contributed by atoms with E-state index in [1.54, 1.807) is 0 Å². The predicted octanol–water partition coefficient (Wildman–Crippen LogP) is 2.24. The molecule has 0 spiro atoms. The van der Waals surface area contributed by atoms with Crippen molar-refractivity contribution in [2.45, 2.75) is 13.0 Å². The van der Waals surface area contributed by atoms with Gasteiger partial charge in [0.05, 0.1) is 17.6 Å². The standard InChI is InChI=1S/C14H18N4/c1-17-10-12(9-16-17)11-18-8-4-7-15-13-5-2-3-6-14(13)18/h2-3,5-6,9-10,15H,4,7-8,11H2,1H3. The minimum atomic E-state index is 0.923. The molecule has 0 fully saturated rings. The van der Waals surface area contributed by atoms with Crippen LogP contribution in [0.4, 0.5) is 11.4 Å². The highest BCUT2D eigenvalue weighted by molar-refractivity contribution is 5.70. The molecule has 1 aromatic carbocycles. The SMILES string of the molecule is Cn1cc(CN2CCCNc3ccccc32)cn1. The Labute approximate surface area is 107 Å². The Morgan fingerprint density at radius 1 is 1.33 bits per heavy atom. The van der Waals surface area contributed by atoms with Gasteiger partial charge in [-0.2, -0.15) is 5.10 Å². The van der Waals surface area contributed by atoms with Gasteiger partial charge in [0.2, 0.25) is 0 Å². The number of anilines is 2. The number of fused-ring (bicyclic) bond motifs is 1. The molecular weight excluding hydrogens is 224 g/mol. The van der Waals surface area contributed by atoms with E-state index in [1.165, 1.54) is 16.9 Å². The van der Waals surface area contributed by atoms with Crippen LogP contribution in [0.3, 0.4) is 0 Å². The van der Waals surface area contributed by atoms with Gasteiger partial charge in [-0.3, -0.25) is 4.68 Å². The summed E-state index contributed by atoms with van der Waals surface area (Å²) < 4.78 is 1.86. The molecule has 2 heterocycles. The summed E-state index contributed by atoms with van der Waals surface area (Å²) in [5.74, 6) is 0. The molecule has 0 bridgehead atoms. The van der Waals surface area contributed by atoms with E-state index in [1.807, 2.05) is 17.9 Å². The van der Waals surface area contributed by atoms with Crippen LogP contribution >= 0.6 is 0 Å². The van der Waals surface area contributed by atoms with Crippen LogP contribution in [0, 0.1) is 0 Å². The molecule has 0 saturated heterocycles. The molecular formula is C14H18N4. The van der Waals surface area contributed by atoms with E-state index in [2.05, 4.69) is 45.8 Å². The maximum atomic E-state index is 4.24. The molecule has 0 atom stereocenters. The summed E-state index contributed by atoms with van der Waals surface area (Å²) in [5.41, 5.74) is 3.78. The minimum absolute atomic E-state index is 0.923.